The number of methoxy groups -OCH3 is 1. The number of pyridine rings is 1. The molecule has 3 heterocycles. The number of aromatic nitrogens is 2. The van der Waals surface area contributed by atoms with Gasteiger partial charge in [-0.2, -0.15) is 0 Å². The fraction of sp³-hybridized carbons (Fsp3) is 0.393. The number of rotatable bonds is 4. The van der Waals surface area contributed by atoms with Gasteiger partial charge in [0.25, 0.3) is 0 Å². The van der Waals surface area contributed by atoms with Crippen LogP contribution < -0.4 is 9.64 Å². The molecule has 2 fully saturated rings. The van der Waals surface area contributed by atoms with Crippen LogP contribution in [0.2, 0.25) is 0 Å². The summed E-state index contributed by atoms with van der Waals surface area (Å²) in [5.41, 5.74) is 4.54. The van der Waals surface area contributed by atoms with Crippen LogP contribution in [0.25, 0.3) is 21.8 Å². The standard InChI is InChI=1S/C28H31FN4O/c1-34-23-15-20-3-2-10-30-28(20)27(17-23)33-13-11-32(12-14-33)22-7-4-19(5-8-22)25-18-31-26-9-6-21(29)16-24(25)26/h2-3,6,9-10,15-19,22,31H,4-5,7-8,11-14H2,1H3. The van der Waals surface area contributed by atoms with E-state index in [1.165, 1.54) is 43.0 Å². The Labute approximate surface area is 199 Å². The number of benzene rings is 2. The highest BCUT2D eigenvalue weighted by atomic mass is 19.1. The topological polar surface area (TPSA) is 44.4 Å². The van der Waals surface area contributed by atoms with Gasteiger partial charge in [0.1, 0.15) is 11.6 Å². The number of H-pyrrole nitrogens is 1. The van der Waals surface area contributed by atoms with Crippen LogP contribution in [0.1, 0.15) is 37.2 Å². The molecular weight excluding hydrogens is 427 g/mol. The fourth-order valence-corrected chi connectivity index (χ4v) is 6.04. The maximum atomic E-state index is 13.8. The minimum absolute atomic E-state index is 0.154. The third-order valence-electron chi connectivity index (χ3n) is 7.88. The largest absolute Gasteiger partial charge is 0.497 e. The van der Waals surface area contributed by atoms with Gasteiger partial charge >= 0.3 is 0 Å². The zero-order valence-corrected chi connectivity index (χ0v) is 19.6. The molecule has 5 nitrogen and oxygen atoms in total. The first kappa shape index (κ1) is 21.4. The summed E-state index contributed by atoms with van der Waals surface area (Å²) in [4.78, 5) is 13.1. The Morgan fingerprint density at radius 2 is 1.82 bits per heavy atom. The predicted molar refractivity (Wildman–Crippen MR) is 135 cm³/mol. The van der Waals surface area contributed by atoms with Gasteiger partial charge in [-0.1, -0.05) is 6.07 Å². The zero-order chi connectivity index (χ0) is 23.1. The van der Waals surface area contributed by atoms with Crippen molar-refractivity contribution in [3.63, 3.8) is 0 Å². The highest BCUT2D eigenvalue weighted by Gasteiger charge is 2.30. The molecule has 0 unspecified atom stereocenters. The molecule has 0 radical (unpaired) electrons. The van der Waals surface area contributed by atoms with Gasteiger partial charge in [0.15, 0.2) is 0 Å². The van der Waals surface area contributed by atoms with Crippen LogP contribution in [-0.4, -0.2) is 54.2 Å². The second kappa shape index (κ2) is 8.91. The fourth-order valence-electron chi connectivity index (χ4n) is 6.04. The molecule has 0 amide bonds. The van der Waals surface area contributed by atoms with E-state index >= 15 is 0 Å². The number of nitrogens with zero attached hydrogens (tertiary/aromatic N) is 3. The van der Waals surface area contributed by atoms with E-state index in [1.807, 2.05) is 18.3 Å². The van der Waals surface area contributed by atoms with Crippen LogP contribution in [0.5, 0.6) is 5.75 Å². The SMILES string of the molecule is COc1cc(N2CCN(C3CCC(c4c[nH]c5ccc(F)cc45)CC3)CC2)c2ncccc2c1. The van der Waals surface area contributed by atoms with E-state index in [4.69, 9.17) is 4.74 Å². The minimum Gasteiger partial charge on any atom is -0.497 e. The maximum absolute atomic E-state index is 13.8. The van der Waals surface area contributed by atoms with Crippen molar-refractivity contribution in [3.05, 3.63) is 66.2 Å². The van der Waals surface area contributed by atoms with Crippen LogP contribution in [0, 0.1) is 5.82 Å². The Kier molecular flexibility index (Phi) is 5.61. The Hall–Kier alpha value is -3.12. The van der Waals surface area contributed by atoms with Gasteiger partial charge in [0.2, 0.25) is 0 Å². The first-order valence-electron chi connectivity index (χ1n) is 12.4. The summed E-state index contributed by atoms with van der Waals surface area (Å²) in [6.07, 6.45) is 8.71. The lowest BCUT2D eigenvalue weighted by Crippen LogP contribution is -2.51. The number of anilines is 1. The van der Waals surface area contributed by atoms with Crippen LogP contribution in [0.3, 0.4) is 0 Å². The van der Waals surface area contributed by atoms with E-state index in [2.05, 4.69) is 44.2 Å². The van der Waals surface area contributed by atoms with E-state index in [1.54, 1.807) is 13.2 Å². The van der Waals surface area contributed by atoms with E-state index < -0.39 is 0 Å². The number of halogens is 1. The molecule has 6 heteroatoms. The average molecular weight is 459 g/mol. The van der Waals surface area contributed by atoms with E-state index in [0.29, 0.717) is 12.0 Å². The lowest BCUT2D eigenvalue weighted by Gasteiger charge is -2.42. The number of fused-ring (bicyclic) bond motifs is 2. The number of aromatic amines is 1. The molecule has 0 bridgehead atoms. The molecule has 6 rings (SSSR count). The number of hydrogen-bond acceptors (Lipinski definition) is 4. The van der Waals surface area contributed by atoms with E-state index in [0.717, 1.165) is 53.7 Å². The van der Waals surface area contributed by atoms with E-state index in [9.17, 15) is 4.39 Å². The summed E-state index contributed by atoms with van der Waals surface area (Å²) < 4.78 is 19.4. The Balaban J connectivity index is 1.11. The molecule has 0 atom stereocenters. The van der Waals surface area contributed by atoms with Crippen LogP contribution in [-0.2, 0) is 0 Å². The molecule has 1 aliphatic carbocycles. The summed E-state index contributed by atoms with van der Waals surface area (Å²) in [6.45, 7) is 4.14. The summed E-state index contributed by atoms with van der Waals surface area (Å²) in [7, 11) is 1.72. The Morgan fingerprint density at radius 3 is 2.62 bits per heavy atom. The highest BCUT2D eigenvalue weighted by molar-refractivity contribution is 5.92. The van der Waals surface area contributed by atoms with Gasteiger partial charge in [-0.3, -0.25) is 9.88 Å². The minimum atomic E-state index is -0.154. The average Bonchev–Trinajstić information content (AvgIpc) is 3.31. The summed E-state index contributed by atoms with van der Waals surface area (Å²) in [5, 5.41) is 2.17. The lowest BCUT2D eigenvalue weighted by molar-refractivity contribution is 0.141. The molecule has 1 saturated carbocycles. The summed E-state index contributed by atoms with van der Waals surface area (Å²) >= 11 is 0. The first-order chi connectivity index (χ1) is 16.7. The third kappa shape index (κ3) is 3.90. The van der Waals surface area contributed by atoms with Gasteiger partial charge in [-0.05, 0) is 67.5 Å². The van der Waals surface area contributed by atoms with Gasteiger partial charge in [-0.25, -0.2) is 4.39 Å². The molecule has 4 aromatic rings. The first-order valence-corrected chi connectivity index (χ1v) is 12.4. The smallest absolute Gasteiger partial charge is 0.123 e. The Morgan fingerprint density at radius 1 is 1.00 bits per heavy atom. The number of nitrogens with one attached hydrogen (secondary N) is 1. The molecular formula is C28H31FN4O. The Bertz CT molecular complexity index is 1300. The molecule has 2 aromatic carbocycles. The molecule has 1 aliphatic heterocycles. The molecule has 1 N–H and O–H groups in total. The monoisotopic (exact) mass is 458 g/mol. The van der Waals surface area contributed by atoms with Crippen molar-refractivity contribution in [2.75, 3.05) is 38.2 Å². The summed E-state index contributed by atoms with van der Waals surface area (Å²) in [6, 6.07) is 14.0. The lowest BCUT2D eigenvalue weighted by atomic mass is 9.81. The second-order valence-electron chi connectivity index (χ2n) is 9.68. The molecule has 0 spiro atoms. The zero-order valence-electron chi connectivity index (χ0n) is 19.6. The number of piperazine rings is 1. The summed E-state index contributed by atoms with van der Waals surface area (Å²) in [5.74, 6) is 1.25. The van der Waals surface area contributed by atoms with Gasteiger partial charge in [0, 0.05) is 67.0 Å². The predicted octanol–water partition coefficient (Wildman–Crippen LogP) is 5.71. The van der Waals surface area contributed by atoms with Gasteiger partial charge in [-0.15, -0.1) is 0 Å². The van der Waals surface area contributed by atoms with Crippen molar-refractivity contribution < 1.29 is 9.13 Å². The third-order valence-corrected chi connectivity index (χ3v) is 7.88. The molecule has 176 valence electrons. The number of ether oxygens (including phenoxy) is 1. The molecule has 34 heavy (non-hydrogen) atoms. The normalized spacial score (nSPS) is 21.9. The van der Waals surface area contributed by atoms with Crippen molar-refractivity contribution in [2.24, 2.45) is 0 Å². The quantitative estimate of drug-likeness (QED) is 0.425. The van der Waals surface area contributed by atoms with Crippen molar-refractivity contribution in [2.45, 2.75) is 37.6 Å². The van der Waals surface area contributed by atoms with Crippen LogP contribution >= 0.6 is 0 Å². The molecule has 2 aliphatic rings. The molecule has 1 saturated heterocycles. The highest BCUT2D eigenvalue weighted by Crippen LogP contribution is 2.39. The van der Waals surface area contributed by atoms with Crippen molar-refractivity contribution in [1.82, 2.24) is 14.9 Å². The van der Waals surface area contributed by atoms with Gasteiger partial charge in [0.05, 0.1) is 18.3 Å². The van der Waals surface area contributed by atoms with Crippen LogP contribution in [0.4, 0.5) is 10.1 Å². The second-order valence-corrected chi connectivity index (χ2v) is 9.68. The molecule has 2 aromatic heterocycles. The number of hydrogen-bond donors (Lipinski definition) is 1. The van der Waals surface area contributed by atoms with Crippen molar-refractivity contribution in [1.29, 1.82) is 0 Å². The van der Waals surface area contributed by atoms with Crippen molar-refractivity contribution in [3.8, 4) is 5.75 Å². The van der Waals surface area contributed by atoms with Gasteiger partial charge < -0.3 is 14.6 Å². The maximum Gasteiger partial charge on any atom is 0.123 e. The van der Waals surface area contributed by atoms with Crippen molar-refractivity contribution >= 4 is 27.5 Å². The van der Waals surface area contributed by atoms with E-state index in [-0.39, 0.29) is 5.82 Å². The van der Waals surface area contributed by atoms with Crippen LogP contribution in [0.15, 0.2) is 54.9 Å².